The Morgan fingerprint density at radius 3 is 2.21 bits per heavy atom. The summed E-state index contributed by atoms with van der Waals surface area (Å²) in [4.78, 5) is 10.6. The van der Waals surface area contributed by atoms with Crippen LogP contribution in [0, 0.1) is 11.6 Å². The average molecular weight is 202 g/mol. The molecule has 1 unspecified atom stereocenters. The van der Waals surface area contributed by atoms with Crippen molar-refractivity contribution in [2.75, 3.05) is 7.11 Å². The first-order valence-corrected chi connectivity index (χ1v) is 3.76. The highest BCUT2D eigenvalue weighted by Gasteiger charge is 2.20. The number of aliphatic carboxylic acids is 1. The van der Waals surface area contributed by atoms with Crippen molar-refractivity contribution < 1.29 is 23.4 Å². The molecule has 0 fully saturated rings. The molecule has 0 heterocycles. The summed E-state index contributed by atoms with van der Waals surface area (Å²) in [5.74, 6) is -2.95. The molecule has 0 aliphatic carbocycles. The SMILES string of the molecule is COC(C(=O)O)c1cc(F)cc(F)c1. The van der Waals surface area contributed by atoms with Crippen molar-refractivity contribution in [3.8, 4) is 0 Å². The van der Waals surface area contributed by atoms with Crippen molar-refractivity contribution in [1.29, 1.82) is 0 Å². The van der Waals surface area contributed by atoms with E-state index in [2.05, 4.69) is 4.74 Å². The maximum atomic E-state index is 12.7. The van der Waals surface area contributed by atoms with Gasteiger partial charge in [-0.15, -0.1) is 0 Å². The van der Waals surface area contributed by atoms with Crippen molar-refractivity contribution >= 4 is 5.97 Å². The van der Waals surface area contributed by atoms with E-state index in [1.807, 2.05) is 0 Å². The zero-order valence-corrected chi connectivity index (χ0v) is 7.33. The normalized spacial score (nSPS) is 12.5. The van der Waals surface area contributed by atoms with Crippen LogP contribution in [0.3, 0.4) is 0 Å². The van der Waals surface area contributed by atoms with Gasteiger partial charge in [-0.1, -0.05) is 0 Å². The molecule has 0 saturated heterocycles. The van der Waals surface area contributed by atoms with E-state index in [0.29, 0.717) is 6.07 Å². The predicted molar refractivity (Wildman–Crippen MR) is 43.7 cm³/mol. The van der Waals surface area contributed by atoms with Crippen LogP contribution in [0.15, 0.2) is 18.2 Å². The lowest BCUT2D eigenvalue weighted by atomic mass is 10.1. The molecule has 0 aromatic heterocycles. The second-order valence-electron chi connectivity index (χ2n) is 2.66. The minimum atomic E-state index is -1.35. The van der Waals surface area contributed by atoms with E-state index in [0.717, 1.165) is 19.2 Å². The summed E-state index contributed by atoms with van der Waals surface area (Å²) >= 11 is 0. The zero-order valence-electron chi connectivity index (χ0n) is 7.33. The van der Waals surface area contributed by atoms with Crippen LogP contribution >= 0.6 is 0 Å². The molecule has 1 N–H and O–H groups in total. The predicted octanol–water partition coefficient (Wildman–Crippen LogP) is 1.74. The molecule has 0 aliphatic heterocycles. The van der Waals surface area contributed by atoms with Gasteiger partial charge < -0.3 is 9.84 Å². The van der Waals surface area contributed by atoms with Crippen molar-refractivity contribution in [3.05, 3.63) is 35.4 Å². The summed E-state index contributed by atoms with van der Waals surface area (Å²) < 4.78 is 30.0. The third kappa shape index (κ3) is 2.26. The van der Waals surface area contributed by atoms with Crippen LogP contribution in [-0.2, 0) is 9.53 Å². The van der Waals surface area contributed by atoms with Gasteiger partial charge in [0.15, 0.2) is 6.10 Å². The van der Waals surface area contributed by atoms with Gasteiger partial charge in [0.1, 0.15) is 11.6 Å². The highest BCUT2D eigenvalue weighted by atomic mass is 19.1. The molecule has 1 aromatic carbocycles. The second kappa shape index (κ2) is 4.15. The van der Waals surface area contributed by atoms with Gasteiger partial charge in [0.2, 0.25) is 0 Å². The van der Waals surface area contributed by atoms with Gasteiger partial charge in [0.05, 0.1) is 0 Å². The zero-order chi connectivity index (χ0) is 10.7. The molecule has 0 amide bonds. The maximum Gasteiger partial charge on any atom is 0.337 e. The monoisotopic (exact) mass is 202 g/mol. The van der Waals surface area contributed by atoms with Crippen LogP contribution in [0.1, 0.15) is 11.7 Å². The topological polar surface area (TPSA) is 46.5 Å². The van der Waals surface area contributed by atoms with E-state index in [-0.39, 0.29) is 5.56 Å². The Hall–Kier alpha value is -1.49. The van der Waals surface area contributed by atoms with Crippen LogP contribution in [0.4, 0.5) is 8.78 Å². The van der Waals surface area contributed by atoms with E-state index < -0.39 is 23.7 Å². The minimum absolute atomic E-state index is 0.0579. The fraction of sp³-hybridized carbons (Fsp3) is 0.222. The molecule has 0 saturated carbocycles. The number of carbonyl (C=O) groups is 1. The van der Waals surface area contributed by atoms with Gasteiger partial charge >= 0.3 is 5.97 Å². The lowest BCUT2D eigenvalue weighted by Crippen LogP contribution is -2.13. The van der Waals surface area contributed by atoms with Gasteiger partial charge in [0, 0.05) is 13.2 Å². The number of ether oxygens (including phenoxy) is 1. The molecule has 0 aliphatic rings. The third-order valence-corrected chi connectivity index (χ3v) is 1.65. The quantitative estimate of drug-likeness (QED) is 0.811. The first kappa shape index (κ1) is 10.6. The van der Waals surface area contributed by atoms with Crippen LogP contribution < -0.4 is 0 Å². The Morgan fingerprint density at radius 1 is 1.36 bits per heavy atom. The third-order valence-electron chi connectivity index (χ3n) is 1.65. The second-order valence-corrected chi connectivity index (χ2v) is 2.66. The maximum absolute atomic E-state index is 12.7. The lowest BCUT2D eigenvalue weighted by Gasteiger charge is -2.10. The molecule has 0 radical (unpaired) electrons. The molecule has 0 spiro atoms. The minimum Gasteiger partial charge on any atom is -0.479 e. The first-order valence-electron chi connectivity index (χ1n) is 3.76. The molecule has 76 valence electrons. The van der Waals surface area contributed by atoms with Crippen LogP contribution in [0.25, 0.3) is 0 Å². The van der Waals surface area contributed by atoms with E-state index in [9.17, 15) is 13.6 Å². The van der Waals surface area contributed by atoms with Gasteiger partial charge in [-0.25, -0.2) is 13.6 Å². The Balaban J connectivity index is 3.10. The van der Waals surface area contributed by atoms with Gasteiger partial charge in [-0.05, 0) is 17.7 Å². The molecule has 14 heavy (non-hydrogen) atoms. The van der Waals surface area contributed by atoms with Crippen molar-refractivity contribution in [2.45, 2.75) is 6.10 Å². The number of halogens is 2. The largest absolute Gasteiger partial charge is 0.479 e. The Morgan fingerprint density at radius 2 is 1.86 bits per heavy atom. The van der Waals surface area contributed by atoms with E-state index in [1.54, 1.807) is 0 Å². The number of hydrogen-bond acceptors (Lipinski definition) is 2. The average Bonchev–Trinajstić information content (AvgIpc) is 2.02. The molecule has 1 aromatic rings. The van der Waals surface area contributed by atoms with Crippen molar-refractivity contribution in [2.24, 2.45) is 0 Å². The molecule has 3 nitrogen and oxygen atoms in total. The van der Waals surface area contributed by atoms with Gasteiger partial charge in [-0.3, -0.25) is 0 Å². The van der Waals surface area contributed by atoms with E-state index in [1.165, 1.54) is 0 Å². The van der Waals surface area contributed by atoms with Crippen LogP contribution in [0.2, 0.25) is 0 Å². The molecular formula is C9H8F2O3. The fourth-order valence-corrected chi connectivity index (χ4v) is 1.11. The van der Waals surface area contributed by atoms with Gasteiger partial charge in [-0.2, -0.15) is 0 Å². The number of methoxy groups -OCH3 is 1. The highest BCUT2D eigenvalue weighted by Crippen LogP contribution is 2.19. The fourth-order valence-electron chi connectivity index (χ4n) is 1.11. The summed E-state index contributed by atoms with van der Waals surface area (Å²) in [6, 6.07) is 2.51. The molecule has 0 bridgehead atoms. The summed E-state index contributed by atoms with van der Waals surface area (Å²) in [6.45, 7) is 0. The standard InChI is InChI=1S/C9H8F2O3/c1-14-8(9(12)13)5-2-6(10)4-7(11)3-5/h2-4,8H,1H3,(H,12,13). The molecule has 1 rings (SSSR count). The smallest absolute Gasteiger partial charge is 0.337 e. The number of rotatable bonds is 3. The number of carboxylic acid groups (broad SMARTS) is 1. The molecule has 5 heteroatoms. The summed E-state index contributed by atoms with van der Waals surface area (Å²) in [7, 11) is 1.15. The molecular weight excluding hydrogens is 194 g/mol. The summed E-state index contributed by atoms with van der Waals surface area (Å²) in [5, 5.41) is 8.64. The highest BCUT2D eigenvalue weighted by molar-refractivity contribution is 5.74. The van der Waals surface area contributed by atoms with Crippen molar-refractivity contribution in [3.63, 3.8) is 0 Å². The van der Waals surface area contributed by atoms with Crippen molar-refractivity contribution in [1.82, 2.24) is 0 Å². The van der Waals surface area contributed by atoms with Crippen LogP contribution in [0.5, 0.6) is 0 Å². The van der Waals surface area contributed by atoms with Crippen LogP contribution in [-0.4, -0.2) is 18.2 Å². The Bertz CT molecular complexity index is 332. The van der Waals surface area contributed by atoms with E-state index in [4.69, 9.17) is 5.11 Å². The van der Waals surface area contributed by atoms with E-state index >= 15 is 0 Å². The Kier molecular flexibility index (Phi) is 3.14. The summed E-state index contributed by atoms with van der Waals surface area (Å²) in [5.41, 5.74) is -0.0579. The lowest BCUT2D eigenvalue weighted by molar-refractivity contribution is -0.148. The number of carboxylic acids is 1. The first-order chi connectivity index (χ1) is 6.54. The number of hydrogen-bond donors (Lipinski definition) is 1. The molecule has 1 atom stereocenters. The summed E-state index contributed by atoms with van der Waals surface area (Å²) in [6.07, 6.45) is -1.35. The Labute approximate surface area is 78.9 Å². The van der Waals surface area contributed by atoms with Gasteiger partial charge in [0.25, 0.3) is 0 Å². The number of benzene rings is 1.